The fraction of sp³-hybridized carbons (Fsp3) is 0.611. The first-order valence-electron chi connectivity index (χ1n) is 8.18. The van der Waals surface area contributed by atoms with Gasteiger partial charge in [-0.15, -0.1) is 0 Å². The molecule has 0 saturated heterocycles. The molecule has 0 radical (unpaired) electrons. The Morgan fingerprint density at radius 2 is 1.62 bits per heavy atom. The summed E-state index contributed by atoms with van der Waals surface area (Å²) in [6.45, 7) is 6.49. The lowest BCUT2D eigenvalue weighted by atomic mass is 9.91. The molecule has 0 spiro atoms. The van der Waals surface area contributed by atoms with Crippen LogP contribution in [0.5, 0.6) is 5.75 Å². The summed E-state index contributed by atoms with van der Waals surface area (Å²) in [6.07, 6.45) is 7.42. The van der Waals surface area contributed by atoms with Gasteiger partial charge in [0.1, 0.15) is 5.75 Å². The molecule has 1 aromatic carbocycles. The minimum absolute atomic E-state index is 0.520. The van der Waals surface area contributed by atoms with Crippen LogP contribution in [-0.2, 0) is 19.3 Å². The zero-order valence-corrected chi connectivity index (χ0v) is 13.6. The average molecular weight is 292 g/mol. The van der Waals surface area contributed by atoms with Crippen molar-refractivity contribution in [2.24, 2.45) is 0 Å². The summed E-state index contributed by atoms with van der Waals surface area (Å²) in [5, 5.41) is 8.90. The van der Waals surface area contributed by atoms with Gasteiger partial charge in [0.15, 0.2) is 0 Å². The summed E-state index contributed by atoms with van der Waals surface area (Å²) in [7, 11) is 0. The van der Waals surface area contributed by atoms with Gasteiger partial charge in [0, 0.05) is 0 Å². The number of hydrogen-bond donors (Lipinski definition) is 1. The lowest BCUT2D eigenvalue weighted by molar-refractivity contribution is 0.144. The number of aryl methyl sites for hydroxylation is 1. The molecule has 1 N–H and O–H groups in total. The molecule has 0 saturated carbocycles. The van der Waals surface area contributed by atoms with E-state index < -0.39 is 6.16 Å². The molecule has 0 unspecified atom stereocenters. The van der Waals surface area contributed by atoms with Crippen LogP contribution in [0.1, 0.15) is 69.6 Å². The number of benzene rings is 1. The Morgan fingerprint density at radius 3 is 2.19 bits per heavy atom. The van der Waals surface area contributed by atoms with Crippen LogP contribution in [0.2, 0.25) is 0 Å². The number of rotatable bonds is 9. The third-order valence-corrected chi connectivity index (χ3v) is 3.73. The largest absolute Gasteiger partial charge is 0.511 e. The van der Waals surface area contributed by atoms with Gasteiger partial charge in [-0.25, -0.2) is 4.79 Å². The number of carbonyl (C=O) groups is 1. The molecule has 21 heavy (non-hydrogen) atoms. The molecule has 0 aromatic heterocycles. The SMILES string of the molecule is CCCCCc1ccc(OC(=O)O)c(CCC)c1CCC. The van der Waals surface area contributed by atoms with Crippen molar-refractivity contribution in [1.29, 1.82) is 0 Å². The standard InChI is InChI=1S/C18H28O3/c1-4-7-8-11-14-12-13-17(21-18(19)20)16(10-6-3)15(14)9-5-2/h12-13H,4-11H2,1-3H3,(H,19,20). The zero-order valence-electron chi connectivity index (χ0n) is 13.6. The van der Waals surface area contributed by atoms with Crippen LogP contribution in [0.15, 0.2) is 12.1 Å². The molecule has 0 amide bonds. The van der Waals surface area contributed by atoms with Gasteiger partial charge in [-0.05, 0) is 48.4 Å². The molecule has 1 rings (SSSR count). The average Bonchev–Trinajstić information content (AvgIpc) is 2.44. The van der Waals surface area contributed by atoms with Crippen molar-refractivity contribution in [2.45, 2.75) is 72.1 Å². The van der Waals surface area contributed by atoms with Crippen LogP contribution in [-0.4, -0.2) is 11.3 Å². The molecular formula is C18H28O3. The molecule has 0 fully saturated rings. The first-order valence-corrected chi connectivity index (χ1v) is 8.18. The van der Waals surface area contributed by atoms with Crippen molar-refractivity contribution in [2.75, 3.05) is 0 Å². The van der Waals surface area contributed by atoms with Gasteiger partial charge in [-0.2, -0.15) is 0 Å². The smallest absolute Gasteiger partial charge is 0.449 e. The summed E-state index contributed by atoms with van der Waals surface area (Å²) < 4.78 is 4.98. The Hall–Kier alpha value is -1.51. The zero-order chi connectivity index (χ0) is 15.7. The van der Waals surface area contributed by atoms with E-state index in [2.05, 4.69) is 26.8 Å². The van der Waals surface area contributed by atoms with Gasteiger partial charge in [0.2, 0.25) is 0 Å². The van der Waals surface area contributed by atoms with Gasteiger partial charge in [0.05, 0.1) is 0 Å². The second-order valence-corrected chi connectivity index (χ2v) is 5.51. The third-order valence-electron chi connectivity index (χ3n) is 3.73. The van der Waals surface area contributed by atoms with Crippen LogP contribution >= 0.6 is 0 Å². The predicted octanol–water partition coefficient (Wildman–Crippen LogP) is 5.38. The summed E-state index contributed by atoms with van der Waals surface area (Å²) in [5.74, 6) is 0.520. The highest BCUT2D eigenvalue weighted by molar-refractivity contribution is 5.63. The molecule has 118 valence electrons. The highest BCUT2D eigenvalue weighted by atomic mass is 16.7. The van der Waals surface area contributed by atoms with E-state index in [4.69, 9.17) is 9.84 Å². The number of unbranched alkanes of at least 4 members (excludes halogenated alkanes) is 2. The van der Waals surface area contributed by atoms with E-state index in [-0.39, 0.29) is 0 Å². The van der Waals surface area contributed by atoms with Crippen molar-refractivity contribution < 1.29 is 14.6 Å². The quantitative estimate of drug-likeness (QED) is 0.377. The van der Waals surface area contributed by atoms with Gasteiger partial charge in [0.25, 0.3) is 0 Å². The van der Waals surface area contributed by atoms with E-state index in [0.717, 1.165) is 37.7 Å². The molecule has 1 aromatic rings. The van der Waals surface area contributed by atoms with Gasteiger partial charge in [-0.1, -0.05) is 52.5 Å². The molecule has 0 bridgehead atoms. The van der Waals surface area contributed by atoms with Crippen molar-refractivity contribution in [3.05, 3.63) is 28.8 Å². The molecule has 0 heterocycles. The lowest BCUT2D eigenvalue weighted by Crippen LogP contribution is -2.09. The van der Waals surface area contributed by atoms with Crippen LogP contribution in [0, 0.1) is 0 Å². The Morgan fingerprint density at radius 1 is 0.952 bits per heavy atom. The minimum atomic E-state index is -1.23. The fourth-order valence-electron chi connectivity index (χ4n) is 2.79. The second kappa shape index (κ2) is 9.43. The summed E-state index contributed by atoms with van der Waals surface area (Å²) in [4.78, 5) is 10.9. The van der Waals surface area contributed by atoms with Crippen molar-refractivity contribution in [3.63, 3.8) is 0 Å². The number of hydrogen-bond acceptors (Lipinski definition) is 2. The molecule has 0 atom stereocenters. The van der Waals surface area contributed by atoms with Gasteiger partial charge in [-0.3, -0.25) is 0 Å². The van der Waals surface area contributed by atoms with Crippen LogP contribution in [0.25, 0.3) is 0 Å². The highest BCUT2D eigenvalue weighted by Crippen LogP contribution is 2.29. The van der Waals surface area contributed by atoms with Crippen LogP contribution in [0.3, 0.4) is 0 Å². The maximum absolute atomic E-state index is 10.9. The van der Waals surface area contributed by atoms with Crippen molar-refractivity contribution in [3.8, 4) is 5.75 Å². The van der Waals surface area contributed by atoms with Gasteiger partial charge >= 0.3 is 6.16 Å². The Balaban J connectivity index is 3.13. The van der Waals surface area contributed by atoms with E-state index in [1.165, 1.54) is 30.4 Å². The highest BCUT2D eigenvalue weighted by Gasteiger charge is 2.15. The van der Waals surface area contributed by atoms with E-state index >= 15 is 0 Å². The second-order valence-electron chi connectivity index (χ2n) is 5.51. The Bertz CT molecular complexity index is 452. The summed E-state index contributed by atoms with van der Waals surface area (Å²) >= 11 is 0. The summed E-state index contributed by atoms with van der Waals surface area (Å²) in [6, 6.07) is 3.89. The van der Waals surface area contributed by atoms with Crippen molar-refractivity contribution in [1.82, 2.24) is 0 Å². The molecular weight excluding hydrogens is 264 g/mol. The van der Waals surface area contributed by atoms with Gasteiger partial charge < -0.3 is 9.84 Å². The summed E-state index contributed by atoms with van der Waals surface area (Å²) in [5.41, 5.74) is 3.77. The van der Waals surface area contributed by atoms with E-state index in [0.29, 0.717) is 5.75 Å². The monoisotopic (exact) mass is 292 g/mol. The van der Waals surface area contributed by atoms with Crippen LogP contribution < -0.4 is 4.74 Å². The molecule has 0 aliphatic carbocycles. The molecule has 3 heteroatoms. The number of ether oxygens (including phenoxy) is 1. The minimum Gasteiger partial charge on any atom is -0.449 e. The molecule has 3 nitrogen and oxygen atoms in total. The molecule has 0 aliphatic rings. The van der Waals surface area contributed by atoms with E-state index in [1.807, 2.05) is 6.07 Å². The maximum atomic E-state index is 10.9. The predicted molar refractivity (Wildman–Crippen MR) is 86.3 cm³/mol. The molecule has 0 aliphatic heterocycles. The first kappa shape index (κ1) is 17.5. The topological polar surface area (TPSA) is 46.5 Å². The van der Waals surface area contributed by atoms with Crippen LogP contribution in [0.4, 0.5) is 4.79 Å². The first-order chi connectivity index (χ1) is 10.1. The fourth-order valence-corrected chi connectivity index (χ4v) is 2.79. The Labute approximate surface area is 128 Å². The van der Waals surface area contributed by atoms with E-state index in [9.17, 15) is 4.79 Å². The normalized spacial score (nSPS) is 10.6. The lowest BCUT2D eigenvalue weighted by Gasteiger charge is -2.17. The Kier molecular flexibility index (Phi) is 7.88. The van der Waals surface area contributed by atoms with E-state index in [1.54, 1.807) is 0 Å². The third kappa shape index (κ3) is 5.41. The maximum Gasteiger partial charge on any atom is 0.511 e. The number of carboxylic acid groups (broad SMARTS) is 1. The van der Waals surface area contributed by atoms with Crippen molar-refractivity contribution >= 4 is 6.16 Å².